The summed E-state index contributed by atoms with van der Waals surface area (Å²) in [6.45, 7) is 2.52. The van der Waals surface area contributed by atoms with E-state index in [2.05, 4.69) is 22.5 Å². The summed E-state index contributed by atoms with van der Waals surface area (Å²) in [6.07, 6.45) is 5.28. The van der Waals surface area contributed by atoms with Crippen molar-refractivity contribution < 1.29 is 9.18 Å². The summed E-state index contributed by atoms with van der Waals surface area (Å²) in [7, 11) is 3.43. The Balaban J connectivity index is 2.57. The van der Waals surface area contributed by atoms with Crippen molar-refractivity contribution >= 4 is 11.9 Å². The molecule has 0 bridgehead atoms. The minimum absolute atomic E-state index is 0.0433. The van der Waals surface area contributed by atoms with Crippen LogP contribution in [-0.2, 0) is 4.79 Å². The molecule has 1 aliphatic rings. The van der Waals surface area contributed by atoms with E-state index in [0.29, 0.717) is 30.9 Å². The first-order chi connectivity index (χ1) is 10.0. The number of amides is 1. The van der Waals surface area contributed by atoms with Crippen LogP contribution >= 0.6 is 0 Å². The van der Waals surface area contributed by atoms with Crippen LogP contribution in [0.5, 0.6) is 0 Å². The number of halogens is 1. The second-order valence-electron chi connectivity index (χ2n) is 5.93. The van der Waals surface area contributed by atoms with E-state index in [-0.39, 0.29) is 19.1 Å². The molecule has 0 saturated heterocycles. The minimum atomic E-state index is -0.350. The van der Waals surface area contributed by atoms with Crippen molar-refractivity contribution in [1.82, 2.24) is 15.5 Å². The third kappa shape index (κ3) is 6.78. The number of nitrogens with zero attached hydrogens (tertiary/aromatic N) is 2. The van der Waals surface area contributed by atoms with Crippen LogP contribution in [0.15, 0.2) is 4.99 Å². The highest BCUT2D eigenvalue weighted by molar-refractivity contribution is 5.84. The quantitative estimate of drug-likeness (QED) is 0.444. The Hall–Kier alpha value is -1.33. The van der Waals surface area contributed by atoms with Gasteiger partial charge in [0, 0.05) is 26.7 Å². The summed E-state index contributed by atoms with van der Waals surface area (Å²) >= 11 is 0. The highest BCUT2D eigenvalue weighted by Gasteiger charge is 2.22. The molecular weight excluding hydrogens is 271 g/mol. The lowest BCUT2D eigenvalue weighted by Gasteiger charge is -2.31. The van der Waals surface area contributed by atoms with Crippen LogP contribution in [0, 0.1) is 5.92 Å². The summed E-state index contributed by atoms with van der Waals surface area (Å²) in [4.78, 5) is 17.5. The molecule has 2 unspecified atom stereocenters. The number of likely N-dealkylation sites (N-methyl/N-ethyl adjacent to an activating group) is 1. The molecular formula is C15H29FN4O. The van der Waals surface area contributed by atoms with E-state index < -0.39 is 0 Å². The van der Waals surface area contributed by atoms with E-state index in [1.165, 1.54) is 24.2 Å². The van der Waals surface area contributed by atoms with Crippen LogP contribution in [0.25, 0.3) is 0 Å². The minimum Gasteiger partial charge on any atom is -0.356 e. The largest absolute Gasteiger partial charge is 0.356 e. The van der Waals surface area contributed by atoms with Crippen molar-refractivity contribution in [3.8, 4) is 0 Å². The van der Waals surface area contributed by atoms with Gasteiger partial charge < -0.3 is 15.5 Å². The van der Waals surface area contributed by atoms with Crippen LogP contribution in [-0.4, -0.2) is 56.7 Å². The van der Waals surface area contributed by atoms with Gasteiger partial charge in [-0.05, 0) is 25.2 Å². The topological polar surface area (TPSA) is 56.7 Å². The number of carbonyl (C=O) groups excluding carboxylic acids is 1. The molecule has 1 aliphatic carbocycles. The van der Waals surface area contributed by atoms with Crippen LogP contribution in [0.4, 0.5) is 4.39 Å². The van der Waals surface area contributed by atoms with Gasteiger partial charge in [0.1, 0.15) is 6.54 Å². The van der Waals surface area contributed by atoms with E-state index in [1.807, 2.05) is 0 Å². The maximum absolute atomic E-state index is 12.2. The van der Waals surface area contributed by atoms with Gasteiger partial charge in [-0.25, -0.2) is 4.99 Å². The molecule has 122 valence electrons. The average molecular weight is 300 g/mol. The maximum Gasteiger partial charge on any atom is 0.243 e. The first-order valence-corrected chi connectivity index (χ1v) is 7.85. The maximum atomic E-state index is 12.2. The lowest BCUT2D eigenvalue weighted by Crippen LogP contribution is -2.47. The van der Waals surface area contributed by atoms with Crippen molar-refractivity contribution in [1.29, 1.82) is 0 Å². The molecule has 1 rings (SSSR count). The molecule has 1 fully saturated rings. The molecule has 0 aromatic carbocycles. The zero-order chi connectivity index (χ0) is 15.7. The number of carbonyl (C=O) groups is 1. The predicted molar refractivity (Wildman–Crippen MR) is 84.1 cm³/mol. The van der Waals surface area contributed by atoms with Crippen molar-refractivity contribution in [2.45, 2.75) is 45.1 Å². The Bertz CT molecular complexity index is 347. The molecule has 5 nitrogen and oxygen atoms in total. The smallest absolute Gasteiger partial charge is 0.243 e. The summed E-state index contributed by atoms with van der Waals surface area (Å²) in [5.41, 5.74) is 0. The van der Waals surface area contributed by atoms with E-state index in [9.17, 15) is 9.18 Å². The molecule has 0 radical (unpaired) electrons. The normalized spacial score (nSPS) is 22.8. The highest BCUT2D eigenvalue weighted by atomic mass is 19.1. The lowest BCUT2D eigenvalue weighted by atomic mass is 9.86. The molecule has 1 saturated carbocycles. The summed E-state index contributed by atoms with van der Waals surface area (Å²) in [5.74, 6) is 1.17. The number of rotatable bonds is 6. The van der Waals surface area contributed by atoms with Gasteiger partial charge in [-0.1, -0.05) is 19.8 Å². The highest BCUT2D eigenvalue weighted by Crippen LogP contribution is 2.23. The summed E-state index contributed by atoms with van der Waals surface area (Å²) < 4.78 is 12.2. The number of hydrogen-bond donors (Lipinski definition) is 2. The Morgan fingerprint density at radius 3 is 2.67 bits per heavy atom. The Kier molecular flexibility index (Phi) is 8.08. The van der Waals surface area contributed by atoms with E-state index >= 15 is 0 Å². The molecule has 1 amide bonds. The third-order valence-corrected chi connectivity index (χ3v) is 3.91. The second-order valence-corrected chi connectivity index (χ2v) is 5.93. The van der Waals surface area contributed by atoms with Gasteiger partial charge in [-0.3, -0.25) is 9.18 Å². The monoisotopic (exact) mass is 300 g/mol. The van der Waals surface area contributed by atoms with Crippen LogP contribution in [0.2, 0.25) is 0 Å². The molecule has 0 heterocycles. The van der Waals surface area contributed by atoms with Gasteiger partial charge in [-0.15, -0.1) is 0 Å². The third-order valence-electron chi connectivity index (χ3n) is 3.91. The molecule has 0 aromatic heterocycles. The molecule has 0 aromatic rings. The molecule has 6 heteroatoms. The van der Waals surface area contributed by atoms with Gasteiger partial charge in [-0.2, -0.15) is 0 Å². The predicted octanol–water partition coefficient (Wildman–Crippen LogP) is 1.55. The van der Waals surface area contributed by atoms with Gasteiger partial charge in [0.05, 0.1) is 6.67 Å². The Morgan fingerprint density at radius 2 is 2.05 bits per heavy atom. The summed E-state index contributed by atoms with van der Waals surface area (Å²) in [5, 5.41) is 6.52. The van der Waals surface area contributed by atoms with Crippen molar-refractivity contribution in [3.05, 3.63) is 0 Å². The Morgan fingerprint density at radius 1 is 1.33 bits per heavy atom. The molecule has 2 N–H and O–H groups in total. The fraction of sp³-hybridized carbons (Fsp3) is 0.867. The fourth-order valence-electron chi connectivity index (χ4n) is 2.42. The van der Waals surface area contributed by atoms with E-state index in [0.717, 1.165) is 6.42 Å². The van der Waals surface area contributed by atoms with Crippen LogP contribution in [0.3, 0.4) is 0 Å². The number of alkyl halides is 1. The second kappa shape index (κ2) is 9.58. The van der Waals surface area contributed by atoms with Gasteiger partial charge in [0.25, 0.3) is 0 Å². The average Bonchev–Trinajstić information content (AvgIpc) is 2.46. The number of hydrogen-bond acceptors (Lipinski definition) is 2. The zero-order valence-electron chi connectivity index (χ0n) is 13.5. The number of aliphatic imine (C=N–C) groups is 1. The van der Waals surface area contributed by atoms with Crippen LogP contribution < -0.4 is 10.6 Å². The standard InChI is InChI=1S/C15H29FN4O/c1-12-7-4-5-8-13(12)19-15(17-10-6-9-16)18-11-14(21)20(2)3/h12-13H,4-11H2,1-3H3,(H2,17,18,19). The van der Waals surface area contributed by atoms with E-state index in [1.54, 1.807) is 14.1 Å². The zero-order valence-corrected chi connectivity index (χ0v) is 13.5. The van der Waals surface area contributed by atoms with Gasteiger partial charge >= 0.3 is 0 Å². The number of guanidine groups is 1. The Labute approximate surface area is 127 Å². The first kappa shape index (κ1) is 17.7. The van der Waals surface area contributed by atoms with Crippen molar-refractivity contribution in [2.75, 3.05) is 33.9 Å². The van der Waals surface area contributed by atoms with Gasteiger partial charge in [0.2, 0.25) is 5.91 Å². The number of nitrogens with one attached hydrogen (secondary N) is 2. The van der Waals surface area contributed by atoms with Crippen molar-refractivity contribution in [2.24, 2.45) is 10.9 Å². The van der Waals surface area contributed by atoms with Crippen LogP contribution in [0.1, 0.15) is 39.0 Å². The van der Waals surface area contributed by atoms with Crippen molar-refractivity contribution in [3.63, 3.8) is 0 Å². The van der Waals surface area contributed by atoms with Gasteiger partial charge in [0.15, 0.2) is 5.96 Å². The molecule has 0 aliphatic heterocycles. The first-order valence-electron chi connectivity index (χ1n) is 7.85. The summed E-state index contributed by atoms with van der Waals surface area (Å²) in [6, 6.07) is 0.379. The SMILES string of the molecule is CC1CCCCC1NC(=NCC(=O)N(C)C)NCCCF. The lowest BCUT2D eigenvalue weighted by molar-refractivity contribution is -0.127. The fourth-order valence-corrected chi connectivity index (χ4v) is 2.42. The molecule has 21 heavy (non-hydrogen) atoms. The van der Waals surface area contributed by atoms with E-state index in [4.69, 9.17) is 0 Å². The molecule has 2 atom stereocenters. The molecule has 0 spiro atoms.